The van der Waals surface area contributed by atoms with E-state index in [2.05, 4.69) is 0 Å². The van der Waals surface area contributed by atoms with Crippen molar-refractivity contribution in [2.75, 3.05) is 9.80 Å². The van der Waals surface area contributed by atoms with Gasteiger partial charge >= 0.3 is 0 Å². The molecule has 2 heterocycles. The Balaban J connectivity index is 1.39. The van der Waals surface area contributed by atoms with E-state index in [0.29, 0.717) is 11.4 Å². The van der Waals surface area contributed by atoms with Gasteiger partial charge < -0.3 is 0 Å². The standard InChI is InChI=1S/C28H26N2O4/c1-13-5-7-17(11-15(13)3)29-25(31)21-19-9-10-20(22(21)26(29)32)24-23(19)27(33)30(28(24)34)18-8-6-14(2)16(4)12-18/h5-12,19-24H,1-4H3/t19?,20?,21-,22-,23-,24+/m0/s1. The normalized spacial score (nSPS) is 31.5. The third-order valence-electron chi connectivity index (χ3n) is 8.51. The Morgan fingerprint density at radius 3 is 1.12 bits per heavy atom. The number of nitrogens with zero attached hydrogens (tertiary/aromatic N) is 2. The molecule has 0 spiro atoms. The molecule has 2 aromatic rings. The van der Waals surface area contributed by atoms with Crippen LogP contribution >= 0.6 is 0 Å². The molecular weight excluding hydrogens is 428 g/mol. The van der Waals surface area contributed by atoms with Crippen molar-refractivity contribution in [2.45, 2.75) is 27.7 Å². The van der Waals surface area contributed by atoms with Crippen LogP contribution in [0, 0.1) is 63.2 Å². The molecule has 34 heavy (non-hydrogen) atoms. The fourth-order valence-corrected chi connectivity index (χ4v) is 6.46. The molecule has 2 bridgehead atoms. The van der Waals surface area contributed by atoms with Crippen molar-refractivity contribution in [2.24, 2.45) is 35.5 Å². The summed E-state index contributed by atoms with van der Waals surface area (Å²) in [7, 11) is 0. The molecule has 3 fully saturated rings. The second-order valence-electron chi connectivity index (χ2n) is 10.2. The van der Waals surface area contributed by atoms with E-state index >= 15 is 0 Å². The fourth-order valence-electron chi connectivity index (χ4n) is 6.46. The minimum absolute atomic E-state index is 0.263. The summed E-state index contributed by atoms with van der Waals surface area (Å²) in [5, 5.41) is 0. The molecular formula is C28H26N2O4. The van der Waals surface area contributed by atoms with Gasteiger partial charge in [-0.05, 0) is 74.2 Å². The predicted molar refractivity (Wildman–Crippen MR) is 127 cm³/mol. The first-order valence-electron chi connectivity index (χ1n) is 11.8. The molecule has 6 heteroatoms. The maximum absolute atomic E-state index is 13.6. The first-order chi connectivity index (χ1) is 16.2. The van der Waals surface area contributed by atoms with Crippen LogP contribution < -0.4 is 9.80 Å². The summed E-state index contributed by atoms with van der Waals surface area (Å²) in [5.74, 6) is -4.40. The van der Waals surface area contributed by atoms with E-state index in [0.717, 1.165) is 22.3 Å². The quantitative estimate of drug-likeness (QED) is 0.513. The number of imide groups is 2. The summed E-state index contributed by atoms with van der Waals surface area (Å²) < 4.78 is 0. The van der Waals surface area contributed by atoms with Crippen LogP contribution in [0.5, 0.6) is 0 Å². The van der Waals surface area contributed by atoms with E-state index in [1.54, 1.807) is 12.1 Å². The molecule has 0 aromatic heterocycles. The largest absolute Gasteiger partial charge is 0.274 e. The van der Waals surface area contributed by atoms with Gasteiger partial charge in [0, 0.05) is 11.8 Å². The summed E-state index contributed by atoms with van der Waals surface area (Å²) in [4.78, 5) is 57.0. The average molecular weight is 455 g/mol. The maximum Gasteiger partial charge on any atom is 0.238 e. The monoisotopic (exact) mass is 454 g/mol. The summed E-state index contributed by atoms with van der Waals surface area (Å²) >= 11 is 0. The zero-order valence-corrected chi connectivity index (χ0v) is 19.6. The second-order valence-corrected chi connectivity index (χ2v) is 10.2. The van der Waals surface area contributed by atoms with E-state index in [-0.39, 0.29) is 23.6 Å². The van der Waals surface area contributed by atoms with Crippen LogP contribution in [0.2, 0.25) is 0 Å². The molecule has 4 amide bonds. The number of aryl methyl sites for hydroxylation is 4. The van der Waals surface area contributed by atoms with Crippen LogP contribution in [0.3, 0.4) is 0 Å². The van der Waals surface area contributed by atoms with Crippen LogP contribution in [0.1, 0.15) is 22.3 Å². The molecule has 1 saturated carbocycles. The maximum atomic E-state index is 13.6. The van der Waals surface area contributed by atoms with Gasteiger partial charge in [0.1, 0.15) is 0 Å². The highest BCUT2D eigenvalue weighted by Crippen LogP contribution is 2.58. The van der Waals surface area contributed by atoms with E-state index in [1.807, 2.05) is 64.1 Å². The fraction of sp³-hybridized carbons (Fsp3) is 0.357. The highest BCUT2D eigenvalue weighted by atomic mass is 16.2. The van der Waals surface area contributed by atoms with Gasteiger partial charge in [-0.2, -0.15) is 0 Å². The Kier molecular flexibility index (Phi) is 4.32. The van der Waals surface area contributed by atoms with Crippen LogP contribution in [0.4, 0.5) is 11.4 Å². The van der Waals surface area contributed by atoms with Gasteiger partial charge in [-0.3, -0.25) is 29.0 Å². The van der Waals surface area contributed by atoms with Gasteiger partial charge in [0.15, 0.2) is 0 Å². The summed E-state index contributed by atoms with van der Waals surface area (Å²) in [6.07, 6.45) is 3.80. The van der Waals surface area contributed by atoms with Crippen molar-refractivity contribution in [1.82, 2.24) is 0 Å². The summed E-state index contributed by atoms with van der Waals surface area (Å²) in [6.45, 7) is 7.86. The van der Waals surface area contributed by atoms with Crippen molar-refractivity contribution in [1.29, 1.82) is 0 Å². The van der Waals surface area contributed by atoms with Crippen molar-refractivity contribution in [3.63, 3.8) is 0 Å². The van der Waals surface area contributed by atoms with Crippen molar-refractivity contribution >= 4 is 35.0 Å². The SMILES string of the molecule is Cc1ccc(N2C(=O)[C@@H]3C4C=CC([C@@H]3C2=O)[C@@H]2C(=O)N(c3ccc(C)c(C)c3)C(=O)[C@@H]42)cc1C. The minimum Gasteiger partial charge on any atom is -0.274 e. The second kappa shape index (κ2) is 6.98. The molecule has 6 atom stereocenters. The van der Waals surface area contributed by atoms with Crippen molar-refractivity contribution < 1.29 is 19.2 Å². The number of carbonyl (C=O) groups is 4. The molecule has 2 aliphatic heterocycles. The molecule has 5 aliphatic rings. The van der Waals surface area contributed by atoms with E-state index in [1.165, 1.54) is 9.80 Å². The molecule has 2 unspecified atom stereocenters. The highest BCUT2D eigenvalue weighted by Gasteiger charge is 2.68. The number of anilines is 2. The topological polar surface area (TPSA) is 74.8 Å². The molecule has 2 aromatic carbocycles. The Hall–Kier alpha value is -3.54. The number of rotatable bonds is 2. The Labute approximate surface area is 198 Å². The van der Waals surface area contributed by atoms with E-state index in [4.69, 9.17) is 0 Å². The van der Waals surface area contributed by atoms with Gasteiger partial charge in [0.05, 0.1) is 35.0 Å². The number of benzene rings is 2. The van der Waals surface area contributed by atoms with Gasteiger partial charge in [-0.1, -0.05) is 24.3 Å². The number of amides is 4. The molecule has 6 nitrogen and oxygen atoms in total. The van der Waals surface area contributed by atoms with Gasteiger partial charge in [0.2, 0.25) is 23.6 Å². The summed E-state index contributed by atoms with van der Waals surface area (Å²) in [6, 6.07) is 11.1. The first kappa shape index (κ1) is 21.0. The van der Waals surface area contributed by atoms with Gasteiger partial charge in [0.25, 0.3) is 0 Å². The third kappa shape index (κ3) is 2.57. The number of hydrogen-bond donors (Lipinski definition) is 0. The molecule has 2 saturated heterocycles. The number of allylic oxidation sites excluding steroid dienone is 2. The minimum atomic E-state index is -0.609. The molecule has 0 N–H and O–H groups in total. The third-order valence-corrected chi connectivity index (χ3v) is 8.51. The first-order valence-corrected chi connectivity index (χ1v) is 11.8. The molecule has 7 rings (SSSR count). The van der Waals surface area contributed by atoms with Crippen LogP contribution in [0.15, 0.2) is 48.6 Å². The van der Waals surface area contributed by atoms with Crippen molar-refractivity contribution in [3.8, 4) is 0 Å². The zero-order valence-electron chi connectivity index (χ0n) is 19.6. The Morgan fingerprint density at radius 1 is 0.500 bits per heavy atom. The van der Waals surface area contributed by atoms with E-state index in [9.17, 15) is 19.2 Å². The average Bonchev–Trinajstić information content (AvgIpc) is 3.25. The smallest absolute Gasteiger partial charge is 0.238 e. The van der Waals surface area contributed by atoms with Gasteiger partial charge in [-0.25, -0.2) is 0 Å². The van der Waals surface area contributed by atoms with E-state index < -0.39 is 35.5 Å². The number of hydrogen-bond acceptors (Lipinski definition) is 4. The lowest BCUT2D eigenvalue weighted by Gasteiger charge is -2.44. The van der Waals surface area contributed by atoms with Crippen LogP contribution in [-0.4, -0.2) is 23.6 Å². The lowest BCUT2D eigenvalue weighted by molar-refractivity contribution is -0.137. The molecule has 0 radical (unpaired) electrons. The highest BCUT2D eigenvalue weighted by molar-refractivity contribution is 6.26. The van der Waals surface area contributed by atoms with Gasteiger partial charge in [-0.15, -0.1) is 0 Å². The zero-order chi connectivity index (χ0) is 24.0. The summed E-state index contributed by atoms with van der Waals surface area (Å²) in [5.41, 5.74) is 5.29. The van der Waals surface area contributed by atoms with Crippen LogP contribution in [-0.2, 0) is 19.2 Å². The number of carbonyl (C=O) groups excluding carboxylic acids is 4. The lowest BCUT2D eigenvalue weighted by Crippen LogP contribution is -2.50. The Bertz CT molecular complexity index is 1200. The Morgan fingerprint density at radius 2 is 0.824 bits per heavy atom. The van der Waals surface area contributed by atoms with Crippen LogP contribution in [0.25, 0.3) is 0 Å². The molecule has 172 valence electrons. The lowest BCUT2D eigenvalue weighted by atomic mass is 9.54. The predicted octanol–water partition coefficient (Wildman–Crippen LogP) is 3.65. The van der Waals surface area contributed by atoms with Crippen molar-refractivity contribution in [3.05, 3.63) is 70.8 Å². The molecule has 3 aliphatic carbocycles.